The first-order valence-corrected chi connectivity index (χ1v) is 12.8. The van der Waals surface area contributed by atoms with Gasteiger partial charge in [-0.15, -0.1) is 0 Å². The largest absolute Gasteiger partial charge is 0.489 e. The van der Waals surface area contributed by atoms with Gasteiger partial charge >= 0.3 is 0 Å². The van der Waals surface area contributed by atoms with Crippen molar-refractivity contribution in [1.82, 2.24) is 9.78 Å². The van der Waals surface area contributed by atoms with Crippen molar-refractivity contribution in [2.75, 3.05) is 5.32 Å². The Balaban J connectivity index is 1.41. The van der Waals surface area contributed by atoms with E-state index in [0.717, 1.165) is 57.3 Å². The molecule has 186 valence electrons. The van der Waals surface area contributed by atoms with Crippen molar-refractivity contribution in [3.05, 3.63) is 119 Å². The standard InChI is InChI=1S/C32H31N3O2/c1-21-28-29(23-14-16-25(17-15-23)37-20-22-10-6-4-7-11-22)30-26(18-32(2,3)19-27(30)36)33-31(28)35(34-21)24-12-8-5-9-13-24/h4-17,29,33H,18-20H2,1-3H3. The average Bonchev–Trinajstić information content (AvgIpc) is 3.23. The van der Waals surface area contributed by atoms with Crippen LogP contribution in [0.25, 0.3) is 5.69 Å². The molecule has 5 nitrogen and oxygen atoms in total. The van der Waals surface area contributed by atoms with Crippen LogP contribution in [-0.4, -0.2) is 15.6 Å². The number of hydrogen-bond donors (Lipinski definition) is 1. The topological polar surface area (TPSA) is 56.2 Å². The molecule has 1 N–H and O–H groups in total. The molecule has 0 radical (unpaired) electrons. The summed E-state index contributed by atoms with van der Waals surface area (Å²) >= 11 is 0. The van der Waals surface area contributed by atoms with Crippen LogP contribution in [0.15, 0.2) is 96.2 Å². The first kappa shape index (κ1) is 23.3. The average molecular weight is 490 g/mol. The molecule has 37 heavy (non-hydrogen) atoms. The minimum Gasteiger partial charge on any atom is -0.489 e. The molecule has 0 spiro atoms. The van der Waals surface area contributed by atoms with Gasteiger partial charge in [0.2, 0.25) is 0 Å². The Morgan fingerprint density at radius 3 is 2.32 bits per heavy atom. The number of anilines is 1. The van der Waals surface area contributed by atoms with Crippen LogP contribution in [-0.2, 0) is 11.4 Å². The van der Waals surface area contributed by atoms with E-state index in [-0.39, 0.29) is 17.1 Å². The summed E-state index contributed by atoms with van der Waals surface area (Å²) in [6.45, 7) is 6.88. The van der Waals surface area contributed by atoms with E-state index in [9.17, 15) is 4.79 Å². The van der Waals surface area contributed by atoms with E-state index in [1.165, 1.54) is 0 Å². The van der Waals surface area contributed by atoms with Crippen LogP contribution in [0.5, 0.6) is 5.75 Å². The molecule has 1 atom stereocenters. The Bertz CT molecular complexity index is 1480. The van der Waals surface area contributed by atoms with Gasteiger partial charge in [0.1, 0.15) is 18.2 Å². The lowest BCUT2D eigenvalue weighted by molar-refractivity contribution is -0.118. The summed E-state index contributed by atoms with van der Waals surface area (Å²) in [5.41, 5.74) is 6.98. The second-order valence-electron chi connectivity index (χ2n) is 10.8. The number of benzene rings is 3. The number of carbonyl (C=O) groups is 1. The Labute approximate surface area is 217 Å². The third kappa shape index (κ3) is 4.35. The van der Waals surface area contributed by atoms with E-state index in [0.29, 0.717) is 13.0 Å². The van der Waals surface area contributed by atoms with Gasteiger partial charge in [0.25, 0.3) is 0 Å². The number of nitrogens with one attached hydrogen (secondary N) is 1. The zero-order valence-corrected chi connectivity index (χ0v) is 21.5. The predicted octanol–water partition coefficient (Wildman–Crippen LogP) is 6.96. The summed E-state index contributed by atoms with van der Waals surface area (Å²) in [5.74, 6) is 1.80. The molecule has 6 rings (SSSR count). The maximum atomic E-state index is 13.6. The Morgan fingerprint density at radius 1 is 0.946 bits per heavy atom. The third-order valence-corrected chi connectivity index (χ3v) is 7.34. The van der Waals surface area contributed by atoms with E-state index in [4.69, 9.17) is 9.84 Å². The number of carbonyl (C=O) groups excluding carboxylic acids is 1. The number of hydrogen-bond acceptors (Lipinski definition) is 4. The van der Waals surface area contributed by atoms with E-state index < -0.39 is 0 Å². The molecule has 1 aliphatic carbocycles. The van der Waals surface area contributed by atoms with Gasteiger partial charge in [0.15, 0.2) is 5.78 Å². The molecule has 0 saturated carbocycles. The van der Waals surface area contributed by atoms with Gasteiger partial charge in [-0.25, -0.2) is 4.68 Å². The highest BCUT2D eigenvalue weighted by Gasteiger charge is 2.43. The first-order chi connectivity index (χ1) is 17.9. The lowest BCUT2D eigenvalue weighted by Crippen LogP contribution is -2.34. The minimum absolute atomic E-state index is 0.0905. The van der Waals surface area contributed by atoms with Gasteiger partial charge in [-0.3, -0.25) is 4.79 Å². The number of Topliss-reactive ketones (excluding diaryl/α,β-unsaturated/α-hetero) is 1. The predicted molar refractivity (Wildman–Crippen MR) is 146 cm³/mol. The molecule has 1 aliphatic heterocycles. The number of aromatic nitrogens is 2. The van der Waals surface area contributed by atoms with Crippen LogP contribution in [0.3, 0.4) is 0 Å². The lowest BCUT2D eigenvalue weighted by atomic mass is 9.69. The molecule has 1 unspecified atom stereocenters. The van der Waals surface area contributed by atoms with Crippen molar-refractivity contribution in [2.24, 2.45) is 5.41 Å². The molecular weight excluding hydrogens is 458 g/mol. The van der Waals surface area contributed by atoms with Crippen LogP contribution in [0, 0.1) is 12.3 Å². The van der Waals surface area contributed by atoms with Gasteiger partial charge in [-0.1, -0.05) is 74.5 Å². The molecule has 1 aromatic heterocycles. The van der Waals surface area contributed by atoms with E-state index >= 15 is 0 Å². The molecular formula is C32H31N3O2. The van der Waals surface area contributed by atoms with Crippen molar-refractivity contribution in [1.29, 1.82) is 0 Å². The number of fused-ring (bicyclic) bond motifs is 1. The zero-order valence-electron chi connectivity index (χ0n) is 21.5. The Kier molecular flexibility index (Phi) is 5.71. The van der Waals surface area contributed by atoms with E-state index in [1.807, 2.05) is 60.1 Å². The zero-order chi connectivity index (χ0) is 25.6. The monoisotopic (exact) mass is 489 g/mol. The molecule has 0 fully saturated rings. The number of rotatable bonds is 5. The molecule has 2 aliphatic rings. The summed E-state index contributed by atoms with van der Waals surface area (Å²) in [6.07, 6.45) is 1.37. The summed E-state index contributed by atoms with van der Waals surface area (Å²) in [6, 6.07) is 28.5. The third-order valence-electron chi connectivity index (χ3n) is 7.34. The maximum Gasteiger partial charge on any atom is 0.162 e. The minimum atomic E-state index is -0.171. The number of allylic oxidation sites excluding steroid dienone is 2. The van der Waals surface area contributed by atoms with E-state index in [2.05, 4.69) is 55.6 Å². The quantitative estimate of drug-likeness (QED) is 0.329. The van der Waals surface area contributed by atoms with Crippen molar-refractivity contribution >= 4 is 11.6 Å². The summed E-state index contributed by atoms with van der Waals surface area (Å²) < 4.78 is 8.01. The van der Waals surface area contributed by atoms with Gasteiger partial charge in [0.05, 0.1) is 11.4 Å². The normalized spacial score (nSPS) is 18.1. The molecule has 0 bridgehead atoms. The number of nitrogens with zero attached hydrogens (tertiary/aromatic N) is 2. The van der Waals surface area contributed by atoms with Crippen molar-refractivity contribution in [3.63, 3.8) is 0 Å². The van der Waals surface area contributed by atoms with Gasteiger partial charge in [0, 0.05) is 29.2 Å². The van der Waals surface area contributed by atoms with Gasteiger partial charge < -0.3 is 10.1 Å². The molecule has 2 heterocycles. The van der Waals surface area contributed by atoms with Crippen molar-refractivity contribution < 1.29 is 9.53 Å². The van der Waals surface area contributed by atoms with Gasteiger partial charge in [-0.2, -0.15) is 5.10 Å². The lowest BCUT2D eigenvalue weighted by Gasteiger charge is -2.38. The molecule has 3 aromatic carbocycles. The van der Waals surface area contributed by atoms with Crippen LogP contribution >= 0.6 is 0 Å². The molecule has 4 aromatic rings. The molecule has 5 heteroatoms. The molecule has 0 saturated heterocycles. The summed E-state index contributed by atoms with van der Waals surface area (Å²) in [5, 5.41) is 8.59. The summed E-state index contributed by atoms with van der Waals surface area (Å²) in [4.78, 5) is 13.6. The fraction of sp³-hybridized carbons (Fsp3) is 0.250. The van der Waals surface area contributed by atoms with Crippen molar-refractivity contribution in [2.45, 2.75) is 46.1 Å². The highest BCUT2D eigenvalue weighted by molar-refractivity contribution is 6.01. The smallest absolute Gasteiger partial charge is 0.162 e. The van der Waals surface area contributed by atoms with E-state index in [1.54, 1.807) is 0 Å². The van der Waals surface area contributed by atoms with Crippen molar-refractivity contribution in [3.8, 4) is 11.4 Å². The number of para-hydroxylation sites is 1. The SMILES string of the molecule is Cc1nn(-c2ccccc2)c2c1C(c1ccc(OCc3ccccc3)cc1)C1=C(CC(C)(C)CC1=O)N2. The second kappa shape index (κ2) is 9.07. The number of ketones is 1. The fourth-order valence-corrected chi connectivity index (χ4v) is 5.66. The van der Waals surface area contributed by atoms with Gasteiger partial charge in [-0.05, 0) is 54.2 Å². The second-order valence-corrected chi connectivity index (χ2v) is 10.8. The van der Waals surface area contributed by atoms with Crippen LogP contribution in [0.2, 0.25) is 0 Å². The number of ether oxygens (including phenoxy) is 1. The number of aryl methyl sites for hydroxylation is 1. The summed E-state index contributed by atoms with van der Waals surface area (Å²) in [7, 11) is 0. The first-order valence-electron chi connectivity index (χ1n) is 12.8. The highest BCUT2D eigenvalue weighted by Crippen LogP contribution is 2.50. The molecule has 0 amide bonds. The maximum absolute atomic E-state index is 13.6. The van der Waals surface area contributed by atoms with Crippen LogP contribution in [0.4, 0.5) is 5.82 Å². The highest BCUT2D eigenvalue weighted by atomic mass is 16.5. The Hall–Kier alpha value is -4.12. The van der Waals surface area contributed by atoms with Crippen LogP contribution < -0.4 is 10.1 Å². The fourth-order valence-electron chi connectivity index (χ4n) is 5.66. The Morgan fingerprint density at radius 2 is 1.62 bits per heavy atom. The van der Waals surface area contributed by atoms with Crippen LogP contribution in [0.1, 0.15) is 55.0 Å².